The van der Waals surface area contributed by atoms with Crippen LogP contribution in [0.4, 0.5) is 0 Å². The van der Waals surface area contributed by atoms with Crippen LogP contribution in [0.5, 0.6) is 0 Å². The van der Waals surface area contributed by atoms with Crippen molar-refractivity contribution in [2.45, 2.75) is 12.8 Å². The standard InChI is InChI=1S/C14H16BrNO/c15-14-3-1-11(2-4-14)7-13(9-16)8-12-5-6-17-10-12/h1-6,10,13H,7-9,16H2. The molecule has 2 aromatic rings. The Hall–Kier alpha value is -1.06. The third-order valence-electron chi connectivity index (χ3n) is 2.88. The highest BCUT2D eigenvalue weighted by Crippen LogP contribution is 2.16. The lowest BCUT2D eigenvalue weighted by molar-refractivity contribution is 0.521. The van der Waals surface area contributed by atoms with Crippen LogP contribution >= 0.6 is 15.9 Å². The molecule has 2 nitrogen and oxygen atoms in total. The molecule has 3 heteroatoms. The van der Waals surface area contributed by atoms with Gasteiger partial charge in [-0.05, 0) is 54.6 Å². The first-order valence-corrected chi connectivity index (χ1v) is 6.53. The van der Waals surface area contributed by atoms with Gasteiger partial charge in [-0.2, -0.15) is 0 Å². The SMILES string of the molecule is NCC(Cc1ccc(Br)cc1)Cc1ccoc1. The Morgan fingerprint density at radius 2 is 1.76 bits per heavy atom. The highest BCUT2D eigenvalue weighted by Gasteiger charge is 2.09. The molecule has 0 aliphatic rings. The van der Waals surface area contributed by atoms with Gasteiger partial charge in [-0.3, -0.25) is 0 Å². The van der Waals surface area contributed by atoms with Crippen LogP contribution in [0.1, 0.15) is 11.1 Å². The molecule has 17 heavy (non-hydrogen) atoms. The zero-order chi connectivity index (χ0) is 12.1. The Bertz CT molecular complexity index is 436. The maximum Gasteiger partial charge on any atom is 0.0934 e. The zero-order valence-electron chi connectivity index (χ0n) is 9.60. The number of hydrogen-bond donors (Lipinski definition) is 1. The molecule has 1 heterocycles. The molecule has 2 N–H and O–H groups in total. The molecule has 0 saturated carbocycles. The second kappa shape index (κ2) is 6.03. The molecule has 1 aromatic heterocycles. The van der Waals surface area contributed by atoms with Crippen molar-refractivity contribution in [1.29, 1.82) is 0 Å². The van der Waals surface area contributed by atoms with Crippen molar-refractivity contribution >= 4 is 15.9 Å². The summed E-state index contributed by atoms with van der Waals surface area (Å²) in [5, 5.41) is 0. The second-order valence-corrected chi connectivity index (χ2v) is 5.18. The van der Waals surface area contributed by atoms with Gasteiger partial charge < -0.3 is 10.2 Å². The quantitative estimate of drug-likeness (QED) is 0.918. The van der Waals surface area contributed by atoms with Crippen molar-refractivity contribution < 1.29 is 4.42 Å². The highest BCUT2D eigenvalue weighted by atomic mass is 79.9. The van der Waals surface area contributed by atoms with E-state index in [2.05, 4.69) is 40.2 Å². The first-order chi connectivity index (χ1) is 8.28. The molecule has 1 atom stereocenters. The fourth-order valence-electron chi connectivity index (χ4n) is 1.93. The molecular weight excluding hydrogens is 278 g/mol. The summed E-state index contributed by atoms with van der Waals surface area (Å²) in [7, 11) is 0. The fraction of sp³-hybridized carbons (Fsp3) is 0.286. The predicted octanol–water partition coefficient (Wildman–Crippen LogP) is 3.40. The van der Waals surface area contributed by atoms with Crippen LogP contribution in [0.3, 0.4) is 0 Å². The van der Waals surface area contributed by atoms with Crippen LogP contribution < -0.4 is 5.73 Å². The van der Waals surface area contributed by atoms with Gasteiger partial charge in [0.25, 0.3) is 0 Å². The Morgan fingerprint density at radius 1 is 1.06 bits per heavy atom. The van der Waals surface area contributed by atoms with Gasteiger partial charge in [-0.1, -0.05) is 28.1 Å². The lowest BCUT2D eigenvalue weighted by Crippen LogP contribution is -2.19. The van der Waals surface area contributed by atoms with Gasteiger partial charge in [0.2, 0.25) is 0 Å². The van der Waals surface area contributed by atoms with Gasteiger partial charge >= 0.3 is 0 Å². The van der Waals surface area contributed by atoms with Crippen molar-refractivity contribution in [3.8, 4) is 0 Å². The molecule has 0 fully saturated rings. The Balaban J connectivity index is 1.97. The molecule has 0 spiro atoms. The summed E-state index contributed by atoms with van der Waals surface area (Å²) in [4.78, 5) is 0. The van der Waals surface area contributed by atoms with E-state index >= 15 is 0 Å². The molecule has 90 valence electrons. The number of rotatable bonds is 5. The maximum absolute atomic E-state index is 5.83. The van der Waals surface area contributed by atoms with Gasteiger partial charge in [-0.15, -0.1) is 0 Å². The van der Waals surface area contributed by atoms with Crippen LogP contribution in [0, 0.1) is 5.92 Å². The molecule has 2 rings (SSSR count). The normalized spacial score (nSPS) is 12.6. The summed E-state index contributed by atoms with van der Waals surface area (Å²) in [5.74, 6) is 0.466. The third-order valence-corrected chi connectivity index (χ3v) is 3.40. The summed E-state index contributed by atoms with van der Waals surface area (Å²) in [6.07, 6.45) is 5.49. The smallest absolute Gasteiger partial charge is 0.0934 e. The summed E-state index contributed by atoms with van der Waals surface area (Å²) in [5.41, 5.74) is 8.37. The summed E-state index contributed by atoms with van der Waals surface area (Å²) < 4.78 is 6.19. The maximum atomic E-state index is 5.83. The predicted molar refractivity (Wildman–Crippen MR) is 72.8 cm³/mol. The fourth-order valence-corrected chi connectivity index (χ4v) is 2.20. The molecule has 0 aliphatic carbocycles. The first kappa shape index (κ1) is 12.4. The molecule has 0 saturated heterocycles. The lowest BCUT2D eigenvalue weighted by atomic mass is 9.94. The van der Waals surface area contributed by atoms with Crippen molar-refractivity contribution in [2.75, 3.05) is 6.54 Å². The van der Waals surface area contributed by atoms with Gasteiger partial charge in [0.05, 0.1) is 12.5 Å². The Labute approximate surface area is 110 Å². The second-order valence-electron chi connectivity index (χ2n) is 4.27. The summed E-state index contributed by atoms with van der Waals surface area (Å²) >= 11 is 3.44. The molecular formula is C14H16BrNO. The van der Waals surface area contributed by atoms with E-state index in [1.165, 1.54) is 11.1 Å². The Morgan fingerprint density at radius 3 is 2.35 bits per heavy atom. The van der Waals surface area contributed by atoms with Crippen LogP contribution in [0.25, 0.3) is 0 Å². The van der Waals surface area contributed by atoms with E-state index in [1.807, 2.05) is 6.07 Å². The number of halogens is 1. The van der Waals surface area contributed by atoms with Crippen molar-refractivity contribution in [3.63, 3.8) is 0 Å². The van der Waals surface area contributed by atoms with Crippen LogP contribution in [0.15, 0.2) is 51.7 Å². The minimum Gasteiger partial charge on any atom is -0.472 e. The van der Waals surface area contributed by atoms with E-state index < -0.39 is 0 Å². The van der Waals surface area contributed by atoms with E-state index in [-0.39, 0.29) is 0 Å². The molecule has 1 unspecified atom stereocenters. The molecule has 0 amide bonds. The Kier molecular flexibility index (Phi) is 4.40. The lowest BCUT2D eigenvalue weighted by Gasteiger charge is -2.13. The van der Waals surface area contributed by atoms with Gasteiger partial charge in [0, 0.05) is 4.47 Å². The monoisotopic (exact) mass is 293 g/mol. The minimum atomic E-state index is 0.466. The number of nitrogens with two attached hydrogens (primary N) is 1. The number of benzene rings is 1. The van der Waals surface area contributed by atoms with Crippen molar-refractivity contribution in [2.24, 2.45) is 11.7 Å². The summed E-state index contributed by atoms with van der Waals surface area (Å²) in [6.45, 7) is 0.696. The topological polar surface area (TPSA) is 39.2 Å². The van der Waals surface area contributed by atoms with Gasteiger partial charge in [0.1, 0.15) is 0 Å². The number of hydrogen-bond acceptors (Lipinski definition) is 2. The van der Waals surface area contributed by atoms with E-state index in [1.54, 1.807) is 12.5 Å². The molecule has 1 aromatic carbocycles. The molecule has 0 aliphatic heterocycles. The van der Waals surface area contributed by atoms with E-state index in [0.717, 1.165) is 17.3 Å². The van der Waals surface area contributed by atoms with Crippen LogP contribution in [-0.4, -0.2) is 6.54 Å². The molecule has 0 radical (unpaired) electrons. The summed E-state index contributed by atoms with van der Waals surface area (Å²) in [6, 6.07) is 10.4. The van der Waals surface area contributed by atoms with Gasteiger partial charge in [0.15, 0.2) is 0 Å². The van der Waals surface area contributed by atoms with E-state index in [0.29, 0.717) is 12.5 Å². The van der Waals surface area contributed by atoms with Crippen LogP contribution in [-0.2, 0) is 12.8 Å². The molecule has 0 bridgehead atoms. The van der Waals surface area contributed by atoms with Crippen molar-refractivity contribution in [1.82, 2.24) is 0 Å². The van der Waals surface area contributed by atoms with Crippen LogP contribution in [0.2, 0.25) is 0 Å². The number of furan rings is 1. The average molecular weight is 294 g/mol. The zero-order valence-corrected chi connectivity index (χ0v) is 11.2. The van der Waals surface area contributed by atoms with E-state index in [9.17, 15) is 0 Å². The third kappa shape index (κ3) is 3.72. The first-order valence-electron chi connectivity index (χ1n) is 5.73. The minimum absolute atomic E-state index is 0.466. The van der Waals surface area contributed by atoms with Crippen molar-refractivity contribution in [3.05, 3.63) is 58.5 Å². The van der Waals surface area contributed by atoms with E-state index in [4.69, 9.17) is 10.2 Å². The largest absolute Gasteiger partial charge is 0.472 e. The van der Waals surface area contributed by atoms with Gasteiger partial charge in [-0.25, -0.2) is 0 Å². The highest BCUT2D eigenvalue weighted by molar-refractivity contribution is 9.10. The average Bonchev–Trinajstić information content (AvgIpc) is 2.84.